The molecule has 0 saturated heterocycles. The van der Waals surface area contributed by atoms with Gasteiger partial charge in [-0.2, -0.15) is 4.37 Å². The number of aliphatic hydroxyl groups excluding tert-OH is 1. The van der Waals surface area contributed by atoms with Crippen molar-refractivity contribution in [3.63, 3.8) is 0 Å². The average molecular weight is 270 g/mol. The Morgan fingerprint density at radius 3 is 2.82 bits per heavy atom. The molecule has 2 heterocycles. The molecule has 0 bridgehead atoms. The third kappa shape index (κ3) is 3.21. The highest BCUT2D eigenvalue weighted by atomic mass is 32.1. The SMILES string of the molecule is CC(C)c1nsc(NCc2nc(CO)cs2)n1. The molecule has 0 aliphatic carbocycles. The lowest BCUT2D eigenvalue weighted by molar-refractivity contribution is 0.277. The summed E-state index contributed by atoms with van der Waals surface area (Å²) in [6.45, 7) is 4.75. The van der Waals surface area contributed by atoms with Crippen LogP contribution in [0.3, 0.4) is 0 Å². The fourth-order valence-electron chi connectivity index (χ4n) is 1.20. The van der Waals surface area contributed by atoms with Crippen molar-refractivity contribution in [1.82, 2.24) is 14.3 Å². The molecule has 5 nitrogen and oxygen atoms in total. The molecule has 0 fully saturated rings. The molecule has 0 spiro atoms. The Kier molecular flexibility index (Phi) is 4.03. The number of thiazole rings is 1. The van der Waals surface area contributed by atoms with Crippen molar-refractivity contribution in [2.75, 3.05) is 5.32 Å². The molecule has 0 amide bonds. The first-order valence-electron chi connectivity index (χ1n) is 5.30. The summed E-state index contributed by atoms with van der Waals surface area (Å²) in [7, 11) is 0. The Hall–Kier alpha value is -1.05. The first-order chi connectivity index (χ1) is 8.19. The van der Waals surface area contributed by atoms with E-state index in [0.717, 1.165) is 16.0 Å². The largest absolute Gasteiger partial charge is 0.390 e. The summed E-state index contributed by atoms with van der Waals surface area (Å²) in [5.74, 6) is 1.22. The van der Waals surface area contributed by atoms with Crippen LogP contribution in [-0.2, 0) is 13.2 Å². The molecule has 2 N–H and O–H groups in total. The first kappa shape index (κ1) is 12.4. The molecule has 0 saturated carbocycles. The monoisotopic (exact) mass is 270 g/mol. The first-order valence-corrected chi connectivity index (χ1v) is 6.96. The van der Waals surface area contributed by atoms with E-state index in [1.54, 1.807) is 0 Å². The number of nitrogens with one attached hydrogen (secondary N) is 1. The van der Waals surface area contributed by atoms with Crippen LogP contribution in [0, 0.1) is 0 Å². The minimum absolute atomic E-state index is 0.00714. The molecular formula is C10H14N4OS2. The normalized spacial score (nSPS) is 11.1. The minimum atomic E-state index is -0.00714. The number of aromatic nitrogens is 3. The Labute approximate surface area is 108 Å². The zero-order chi connectivity index (χ0) is 12.3. The summed E-state index contributed by atoms with van der Waals surface area (Å²) >= 11 is 2.89. The van der Waals surface area contributed by atoms with Gasteiger partial charge in [0.25, 0.3) is 0 Å². The fraction of sp³-hybridized carbons (Fsp3) is 0.500. The topological polar surface area (TPSA) is 70.9 Å². The van der Waals surface area contributed by atoms with Crippen LogP contribution in [0.5, 0.6) is 0 Å². The number of nitrogens with zero attached hydrogens (tertiary/aromatic N) is 3. The van der Waals surface area contributed by atoms with Gasteiger partial charge in [0, 0.05) is 22.8 Å². The number of anilines is 1. The molecule has 2 aromatic heterocycles. The van der Waals surface area contributed by atoms with Crippen LogP contribution in [0.4, 0.5) is 5.13 Å². The lowest BCUT2D eigenvalue weighted by atomic mass is 10.2. The molecule has 2 rings (SSSR count). The molecule has 7 heteroatoms. The molecule has 0 radical (unpaired) electrons. The Morgan fingerprint density at radius 2 is 2.24 bits per heavy atom. The number of hydrogen-bond acceptors (Lipinski definition) is 7. The summed E-state index contributed by atoms with van der Waals surface area (Å²) in [6, 6.07) is 0. The summed E-state index contributed by atoms with van der Waals surface area (Å²) < 4.78 is 4.26. The maximum absolute atomic E-state index is 8.90. The zero-order valence-electron chi connectivity index (χ0n) is 9.67. The van der Waals surface area contributed by atoms with Crippen molar-refractivity contribution in [2.24, 2.45) is 0 Å². The van der Waals surface area contributed by atoms with E-state index in [4.69, 9.17) is 5.11 Å². The number of hydrogen-bond donors (Lipinski definition) is 2. The molecule has 17 heavy (non-hydrogen) atoms. The van der Waals surface area contributed by atoms with Crippen molar-refractivity contribution in [3.8, 4) is 0 Å². The molecule has 0 aliphatic heterocycles. The van der Waals surface area contributed by atoms with E-state index in [1.807, 2.05) is 5.38 Å². The molecule has 92 valence electrons. The Balaban J connectivity index is 1.92. The third-order valence-electron chi connectivity index (χ3n) is 2.11. The Bertz CT molecular complexity index is 480. The zero-order valence-corrected chi connectivity index (χ0v) is 11.3. The van der Waals surface area contributed by atoms with Crippen molar-refractivity contribution in [3.05, 3.63) is 21.9 Å². The maximum atomic E-state index is 8.90. The molecule has 0 unspecified atom stereocenters. The molecule has 0 atom stereocenters. The van der Waals surface area contributed by atoms with Gasteiger partial charge >= 0.3 is 0 Å². The minimum Gasteiger partial charge on any atom is -0.390 e. The van der Waals surface area contributed by atoms with Crippen LogP contribution in [0.15, 0.2) is 5.38 Å². The predicted molar refractivity (Wildman–Crippen MR) is 69.4 cm³/mol. The van der Waals surface area contributed by atoms with Crippen molar-refractivity contribution < 1.29 is 5.11 Å². The van der Waals surface area contributed by atoms with Crippen LogP contribution in [0.25, 0.3) is 0 Å². The molecular weight excluding hydrogens is 256 g/mol. The average Bonchev–Trinajstić information content (AvgIpc) is 2.95. The van der Waals surface area contributed by atoms with Gasteiger partial charge in [0.15, 0.2) is 0 Å². The second kappa shape index (κ2) is 5.52. The van der Waals surface area contributed by atoms with Crippen molar-refractivity contribution in [1.29, 1.82) is 0 Å². The second-order valence-electron chi connectivity index (χ2n) is 3.86. The quantitative estimate of drug-likeness (QED) is 0.871. The standard InChI is InChI=1S/C10H14N4OS2/c1-6(2)9-13-10(17-14-9)11-3-8-12-7(4-15)5-16-8/h5-6,15H,3-4H2,1-2H3,(H,11,13,14). The molecule has 0 aliphatic rings. The van der Waals surface area contributed by atoms with Gasteiger partial charge in [0.2, 0.25) is 5.13 Å². The van der Waals surface area contributed by atoms with E-state index in [-0.39, 0.29) is 6.61 Å². The van der Waals surface area contributed by atoms with Crippen LogP contribution in [-0.4, -0.2) is 19.4 Å². The fourth-order valence-corrected chi connectivity index (χ4v) is 2.62. The molecule has 2 aromatic rings. The predicted octanol–water partition coefficient (Wildman–Crippen LogP) is 2.22. The Morgan fingerprint density at radius 1 is 1.41 bits per heavy atom. The van der Waals surface area contributed by atoms with E-state index >= 15 is 0 Å². The van der Waals surface area contributed by atoms with Gasteiger partial charge in [-0.3, -0.25) is 0 Å². The second-order valence-corrected chi connectivity index (χ2v) is 5.55. The smallest absolute Gasteiger partial charge is 0.202 e. The van der Waals surface area contributed by atoms with E-state index in [2.05, 4.69) is 33.5 Å². The summed E-state index contributed by atoms with van der Waals surface area (Å²) in [4.78, 5) is 8.62. The van der Waals surface area contributed by atoms with E-state index < -0.39 is 0 Å². The highest BCUT2D eigenvalue weighted by Crippen LogP contribution is 2.18. The lowest BCUT2D eigenvalue weighted by Crippen LogP contribution is -1.99. The van der Waals surface area contributed by atoms with Crippen molar-refractivity contribution in [2.45, 2.75) is 32.9 Å². The van der Waals surface area contributed by atoms with Crippen LogP contribution in [0.2, 0.25) is 0 Å². The maximum Gasteiger partial charge on any atom is 0.202 e. The van der Waals surface area contributed by atoms with E-state index in [9.17, 15) is 0 Å². The third-order valence-corrected chi connectivity index (χ3v) is 3.69. The van der Waals surface area contributed by atoms with Crippen LogP contribution in [0.1, 0.15) is 36.3 Å². The van der Waals surface area contributed by atoms with Gasteiger partial charge in [0.1, 0.15) is 10.8 Å². The highest BCUT2D eigenvalue weighted by molar-refractivity contribution is 7.10. The number of aliphatic hydroxyl groups is 1. The number of rotatable bonds is 5. The van der Waals surface area contributed by atoms with E-state index in [0.29, 0.717) is 18.2 Å². The van der Waals surface area contributed by atoms with Gasteiger partial charge in [-0.1, -0.05) is 13.8 Å². The lowest BCUT2D eigenvalue weighted by Gasteiger charge is -1.98. The van der Waals surface area contributed by atoms with Crippen LogP contribution < -0.4 is 5.32 Å². The van der Waals surface area contributed by atoms with Gasteiger partial charge in [-0.25, -0.2) is 9.97 Å². The molecule has 0 aromatic carbocycles. The van der Waals surface area contributed by atoms with Crippen molar-refractivity contribution >= 4 is 28.0 Å². The van der Waals surface area contributed by atoms with Gasteiger partial charge in [-0.05, 0) is 0 Å². The van der Waals surface area contributed by atoms with Gasteiger partial charge in [-0.15, -0.1) is 11.3 Å². The van der Waals surface area contributed by atoms with E-state index in [1.165, 1.54) is 22.9 Å². The summed E-state index contributed by atoms with van der Waals surface area (Å²) in [5.41, 5.74) is 0.715. The highest BCUT2D eigenvalue weighted by Gasteiger charge is 2.08. The van der Waals surface area contributed by atoms with Gasteiger partial charge < -0.3 is 10.4 Å². The summed E-state index contributed by atoms with van der Waals surface area (Å²) in [5, 5.41) is 15.7. The van der Waals surface area contributed by atoms with Crippen LogP contribution >= 0.6 is 22.9 Å². The van der Waals surface area contributed by atoms with Gasteiger partial charge in [0.05, 0.1) is 18.8 Å². The summed E-state index contributed by atoms with van der Waals surface area (Å²) in [6.07, 6.45) is 0.